The number of carboxylic acid groups (broad SMARTS) is 1. The van der Waals surface area contributed by atoms with Gasteiger partial charge in [0.15, 0.2) is 0 Å². The Balaban J connectivity index is 2.15. The van der Waals surface area contributed by atoms with Crippen molar-refractivity contribution >= 4 is 28.4 Å². The van der Waals surface area contributed by atoms with Crippen LogP contribution >= 0.6 is 0 Å². The van der Waals surface area contributed by atoms with Gasteiger partial charge < -0.3 is 14.8 Å². The summed E-state index contributed by atoms with van der Waals surface area (Å²) in [7, 11) is 0. The number of aliphatic carboxylic acids is 1. The molecule has 2 N–H and O–H groups in total. The van der Waals surface area contributed by atoms with E-state index in [1.165, 1.54) is 12.1 Å². The Kier molecular flexibility index (Phi) is 5.05. The molecule has 3 aromatic rings. The molecule has 0 atom stereocenters. The highest BCUT2D eigenvalue weighted by Crippen LogP contribution is 2.29. The lowest BCUT2D eigenvalue weighted by atomic mass is 10.00. The number of hydrogen-bond donors (Lipinski definition) is 2. The Morgan fingerprint density at radius 2 is 1.71 bits per heavy atom. The number of aliphatic hydroxyl groups excluding tert-OH is 1. The molecule has 0 radical (unpaired) electrons. The van der Waals surface area contributed by atoms with Gasteiger partial charge >= 0.3 is 5.97 Å². The molecular formula is C22H20FNO4. The molecule has 0 aliphatic heterocycles. The molecule has 144 valence electrons. The summed E-state index contributed by atoms with van der Waals surface area (Å²) in [6, 6.07) is 8.33. The molecule has 1 aromatic heterocycles. The summed E-state index contributed by atoms with van der Waals surface area (Å²) in [4.78, 5) is 22.2. The van der Waals surface area contributed by atoms with E-state index >= 15 is 0 Å². The molecule has 0 aliphatic carbocycles. The van der Waals surface area contributed by atoms with Crippen molar-refractivity contribution < 1.29 is 24.2 Å². The quantitative estimate of drug-likeness (QED) is 0.392. The fourth-order valence-corrected chi connectivity index (χ4v) is 3.50. The van der Waals surface area contributed by atoms with Gasteiger partial charge in [-0.15, -0.1) is 0 Å². The fraction of sp³-hybridized carbons (Fsp3) is 0.182. The molecule has 0 saturated carbocycles. The van der Waals surface area contributed by atoms with Gasteiger partial charge in [-0.3, -0.25) is 4.79 Å². The minimum Gasteiger partial charge on any atom is -0.507 e. The van der Waals surface area contributed by atoms with Gasteiger partial charge in [-0.1, -0.05) is 17.7 Å². The van der Waals surface area contributed by atoms with Crippen LogP contribution in [0.4, 0.5) is 4.39 Å². The Bertz CT molecular complexity index is 1120. The van der Waals surface area contributed by atoms with Crippen LogP contribution in [0, 0.1) is 26.6 Å². The zero-order chi connectivity index (χ0) is 20.6. The van der Waals surface area contributed by atoms with Crippen LogP contribution in [-0.4, -0.2) is 26.5 Å². The Morgan fingerprint density at radius 1 is 1.07 bits per heavy atom. The van der Waals surface area contributed by atoms with Gasteiger partial charge in [-0.2, -0.15) is 0 Å². The minimum absolute atomic E-state index is 0.200. The Hall–Kier alpha value is -3.41. The van der Waals surface area contributed by atoms with Crippen molar-refractivity contribution in [3.63, 3.8) is 0 Å². The number of benzene rings is 2. The molecule has 3 rings (SSSR count). The van der Waals surface area contributed by atoms with Gasteiger partial charge in [-0.25, -0.2) is 9.18 Å². The fourth-order valence-electron chi connectivity index (χ4n) is 3.50. The average molecular weight is 381 g/mol. The van der Waals surface area contributed by atoms with E-state index in [-0.39, 0.29) is 5.56 Å². The molecule has 0 aliphatic rings. The lowest BCUT2D eigenvalue weighted by Crippen LogP contribution is -2.09. The van der Waals surface area contributed by atoms with E-state index in [1.807, 2.05) is 25.3 Å². The third-order valence-corrected chi connectivity index (χ3v) is 4.77. The highest BCUT2D eigenvalue weighted by molar-refractivity contribution is 6.38. The first kappa shape index (κ1) is 19.4. The summed E-state index contributed by atoms with van der Waals surface area (Å²) in [6.07, 6.45) is 2.23. The summed E-state index contributed by atoms with van der Waals surface area (Å²) in [5.74, 6) is -3.93. The van der Waals surface area contributed by atoms with Crippen molar-refractivity contribution in [3.05, 3.63) is 76.2 Å². The van der Waals surface area contributed by atoms with E-state index in [9.17, 15) is 19.1 Å². The van der Waals surface area contributed by atoms with Crippen LogP contribution in [0.2, 0.25) is 0 Å². The van der Waals surface area contributed by atoms with Crippen molar-refractivity contribution in [1.82, 2.24) is 4.57 Å². The molecule has 0 saturated heterocycles. The van der Waals surface area contributed by atoms with Gasteiger partial charge in [0.1, 0.15) is 11.6 Å². The number of carbonyl (C=O) groups excluding carboxylic acids is 1. The number of nitrogens with zero attached hydrogens (tertiary/aromatic N) is 1. The monoisotopic (exact) mass is 381 g/mol. The number of carboxylic acids is 1. The first-order valence-electron chi connectivity index (χ1n) is 8.70. The predicted octanol–water partition coefficient (Wildman–Crippen LogP) is 4.31. The minimum atomic E-state index is -1.67. The maximum atomic E-state index is 13.8. The van der Waals surface area contributed by atoms with Crippen molar-refractivity contribution in [2.75, 3.05) is 0 Å². The van der Waals surface area contributed by atoms with Crippen LogP contribution in [0.5, 0.6) is 0 Å². The molecule has 0 bridgehead atoms. The van der Waals surface area contributed by atoms with Gasteiger partial charge in [0.2, 0.25) is 0 Å². The van der Waals surface area contributed by atoms with Gasteiger partial charge in [0, 0.05) is 35.3 Å². The number of aliphatic hydroxyl groups is 1. The number of aryl methyl sites for hydroxylation is 3. The molecule has 0 amide bonds. The molecule has 1 heterocycles. The van der Waals surface area contributed by atoms with Crippen molar-refractivity contribution in [2.24, 2.45) is 0 Å². The lowest BCUT2D eigenvalue weighted by molar-refractivity contribution is -0.146. The first-order valence-corrected chi connectivity index (χ1v) is 8.70. The molecule has 5 nitrogen and oxygen atoms in total. The van der Waals surface area contributed by atoms with Crippen molar-refractivity contribution in [3.8, 4) is 0 Å². The second-order valence-electron chi connectivity index (χ2n) is 6.91. The van der Waals surface area contributed by atoms with E-state index in [0.717, 1.165) is 22.3 Å². The number of ketones is 1. The summed E-state index contributed by atoms with van der Waals surface area (Å²) in [5.41, 5.74) is 5.35. The standard InChI is InChI=1S/C22H20FNO4/c1-12-6-13(2)17(14(3)7-12)10-24-11-18(20(25)9-21(26)22(27)28)16-8-15(23)4-5-19(16)24/h4-9,11,25H,10H2,1-3H3,(H,27,28)/b20-9+. The summed E-state index contributed by atoms with van der Waals surface area (Å²) in [6.45, 7) is 6.55. The van der Waals surface area contributed by atoms with E-state index in [2.05, 4.69) is 12.1 Å². The summed E-state index contributed by atoms with van der Waals surface area (Å²) in [5, 5.41) is 19.4. The Morgan fingerprint density at radius 3 is 2.32 bits per heavy atom. The van der Waals surface area contributed by atoms with Crippen molar-refractivity contribution in [2.45, 2.75) is 27.3 Å². The topological polar surface area (TPSA) is 79.5 Å². The van der Waals surface area contributed by atoms with E-state index in [1.54, 1.807) is 12.3 Å². The van der Waals surface area contributed by atoms with Crippen LogP contribution in [-0.2, 0) is 16.1 Å². The highest BCUT2D eigenvalue weighted by atomic mass is 19.1. The van der Waals surface area contributed by atoms with Crippen molar-refractivity contribution in [1.29, 1.82) is 0 Å². The maximum Gasteiger partial charge on any atom is 0.376 e. The van der Waals surface area contributed by atoms with Crippen LogP contribution in [0.1, 0.15) is 27.8 Å². The van der Waals surface area contributed by atoms with Crippen LogP contribution in [0.15, 0.2) is 42.6 Å². The predicted molar refractivity (Wildman–Crippen MR) is 105 cm³/mol. The first-order chi connectivity index (χ1) is 13.2. The lowest BCUT2D eigenvalue weighted by Gasteiger charge is -2.13. The second kappa shape index (κ2) is 7.31. The zero-order valence-corrected chi connectivity index (χ0v) is 15.8. The third-order valence-electron chi connectivity index (χ3n) is 4.77. The van der Waals surface area contributed by atoms with Crippen LogP contribution < -0.4 is 0 Å². The van der Waals surface area contributed by atoms with Crippen LogP contribution in [0.3, 0.4) is 0 Å². The summed E-state index contributed by atoms with van der Waals surface area (Å²) < 4.78 is 15.7. The third kappa shape index (κ3) is 3.67. The Labute approximate surface area is 161 Å². The number of carbonyl (C=O) groups is 2. The molecule has 0 fully saturated rings. The molecule has 0 unspecified atom stereocenters. The van der Waals surface area contributed by atoms with E-state index in [4.69, 9.17) is 5.11 Å². The number of rotatable bonds is 5. The molecule has 28 heavy (non-hydrogen) atoms. The normalized spacial score (nSPS) is 11.8. The van der Waals surface area contributed by atoms with E-state index in [0.29, 0.717) is 23.5 Å². The summed E-state index contributed by atoms with van der Waals surface area (Å²) >= 11 is 0. The largest absolute Gasteiger partial charge is 0.507 e. The number of hydrogen-bond acceptors (Lipinski definition) is 3. The molecular weight excluding hydrogens is 361 g/mol. The number of halogens is 1. The highest BCUT2D eigenvalue weighted by Gasteiger charge is 2.17. The van der Waals surface area contributed by atoms with Gasteiger partial charge in [0.25, 0.3) is 5.78 Å². The SMILES string of the molecule is Cc1cc(C)c(Cn2cc(/C(O)=C\C(=O)C(=O)O)c3cc(F)ccc32)c(C)c1. The average Bonchev–Trinajstić information content (AvgIpc) is 2.95. The molecule has 2 aromatic carbocycles. The number of fused-ring (bicyclic) bond motifs is 1. The molecule has 0 spiro atoms. The van der Waals surface area contributed by atoms with Gasteiger partial charge in [0.05, 0.1) is 0 Å². The molecule has 6 heteroatoms. The zero-order valence-electron chi connectivity index (χ0n) is 15.8. The number of aromatic nitrogens is 1. The van der Waals surface area contributed by atoms with E-state index < -0.39 is 23.3 Å². The maximum absolute atomic E-state index is 13.8. The smallest absolute Gasteiger partial charge is 0.376 e. The van der Waals surface area contributed by atoms with Gasteiger partial charge in [-0.05, 0) is 55.7 Å². The van der Waals surface area contributed by atoms with Crippen LogP contribution in [0.25, 0.3) is 16.7 Å². The second-order valence-corrected chi connectivity index (χ2v) is 6.91.